The van der Waals surface area contributed by atoms with Crippen LogP contribution in [0.4, 0.5) is 0 Å². The topological polar surface area (TPSA) is 57.6 Å². The first-order valence-corrected chi connectivity index (χ1v) is 7.78. The van der Waals surface area contributed by atoms with Crippen LogP contribution in [0.3, 0.4) is 0 Å². The van der Waals surface area contributed by atoms with Gasteiger partial charge >= 0.3 is 0 Å². The van der Waals surface area contributed by atoms with Crippen LogP contribution in [0.15, 0.2) is 35.2 Å². The second-order valence-electron chi connectivity index (χ2n) is 4.59. The highest BCUT2D eigenvalue weighted by atomic mass is 32.2. The van der Waals surface area contributed by atoms with Crippen LogP contribution < -0.4 is 0 Å². The average molecular weight is 269 g/mol. The molecule has 5 heteroatoms. The van der Waals surface area contributed by atoms with Gasteiger partial charge in [-0.05, 0) is 31.4 Å². The van der Waals surface area contributed by atoms with Gasteiger partial charge in [-0.15, -0.1) is 0 Å². The van der Waals surface area contributed by atoms with Crippen LogP contribution in [-0.4, -0.2) is 37.0 Å². The van der Waals surface area contributed by atoms with Crippen LogP contribution in [0.5, 0.6) is 0 Å². The predicted molar refractivity (Wildman–Crippen MR) is 69.7 cm³/mol. The van der Waals surface area contributed by atoms with E-state index in [1.165, 1.54) is 0 Å². The van der Waals surface area contributed by atoms with Gasteiger partial charge in [0.1, 0.15) is 0 Å². The SMILES string of the molecule is O=S(=O)(c1ccccc1)N(CCCO)C1CCC1. The molecule has 18 heavy (non-hydrogen) atoms. The van der Waals surface area contributed by atoms with Crippen molar-refractivity contribution in [2.75, 3.05) is 13.2 Å². The molecule has 0 saturated heterocycles. The Labute approximate surface area is 108 Å². The highest BCUT2D eigenvalue weighted by molar-refractivity contribution is 7.89. The number of nitrogens with zero attached hydrogens (tertiary/aromatic N) is 1. The fourth-order valence-electron chi connectivity index (χ4n) is 2.13. The van der Waals surface area contributed by atoms with Gasteiger partial charge < -0.3 is 5.11 Å². The molecule has 1 aromatic rings. The van der Waals surface area contributed by atoms with E-state index in [1.54, 1.807) is 34.6 Å². The van der Waals surface area contributed by atoms with Crippen molar-refractivity contribution in [2.24, 2.45) is 0 Å². The number of hydrogen-bond donors (Lipinski definition) is 1. The van der Waals surface area contributed by atoms with Crippen LogP contribution in [0.1, 0.15) is 25.7 Å². The minimum atomic E-state index is -3.41. The van der Waals surface area contributed by atoms with E-state index in [1.807, 2.05) is 0 Å². The third-order valence-electron chi connectivity index (χ3n) is 3.37. The van der Waals surface area contributed by atoms with Crippen LogP contribution in [0, 0.1) is 0 Å². The zero-order valence-corrected chi connectivity index (χ0v) is 11.1. The number of rotatable bonds is 6. The lowest BCUT2D eigenvalue weighted by molar-refractivity contribution is 0.198. The maximum Gasteiger partial charge on any atom is 0.243 e. The molecule has 1 aromatic carbocycles. The summed E-state index contributed by atoms with van der Waals surface area (Å²) >= 11 is 0. The van der Waals surface area contributed by atoms with Crippen molar-refractivity contribution < 1.29 is 13.5 Å². The Balaban J connectivity index is 2.23. The summed E-state index contributed by atoms with van der Waals surface area (Å²) < 4.78 is 26.6. The van der Waals surface area contributed by atoms with E-state index < -0.39 is 10.0 Å². The molecule has 0 bridgehead atoms. The Kier molecular flexibility index (Phi) is 4.37. The predicted octanol–water partition coefficient (Wildman–Crippen LogP) is 1.61. The van der Waals surface area contributed by atoms with Gasteiger partial charge in [0, 0.05) is 19.2 Å². The molecule has 0 aromatic heterocycles. The Hall–Kier alpha value is -0.910. The largest absolute Gasteiger partial charge is 0.396 e. The number of aliphatic hydroxyl groups excluding tert-OH is 1. The summed E-state index contributed by atoms with van der Waals surface area (Å²) in [6, 6.07) is 8.64. The molecule has 1 fully saturated rings. The lowest BCUT2D eigenvalue weighted by atomic mass is 9.93. The van der Waals surface area contributed by atoms with E-state index in [-0.39, 0.29) is 12.6 Å². The summed E-state index contributed by atoms with van der Waals surface area (Å²) in [4.78, 5) is 0.342. The maximum absolute atomic E-state index is 12.5. The number of benzene rings is 1. The molecule has 0 aliphatic heterocycles. The van der Waals surface area contributed by atoms with Crippen molar-refractivity contribution in [2.45, 2.75) is 36.6 Å². The first-order valence-electron chi connectivity index (χ1n) is 6.34. The number of aliphatic hydroxyl groups is 1. The standard InChI is InChI=1S/C13H19NO3S/c15-11-5-10-14(12-6-4-7-12)18(16,17)13-8-2-1-3-9-13/h1-3,8-9,12,15H,4-7,10-11H2. The van der Waals surface area contributed by atoms with E-state index in [0.717, 1.165) is 19.3 Å². The van der Waals surface area contributed by atoms with Crippen LogP contribution in [0.2, 0.25) is 0 Å². The Morgan fingerprint density at radius 3 is 2.39 bits per heavy atom. The first kappa shape index (κ1) is 13.5. The lowest BCUT2D eigenvalue weighted by Gasteiger charge is -2.36. The van der Waals surface area contributed by atoms with E-state index >= 15 is 0 Å². The van der Waals surface area contributed by atoms with Crippen molar-refractivity contribution in [3.8, 4) is 0 Å². The fourth-order valence-corrected chi connectivity index (χ4v) is 3.87. The molecule has 0 heterocycles. The Bertz CT molecular complexity index is 468. The van der Waals surface area contributed by atoms with E-state index in [0.29, 0.717) is 17.9 Å². The molecule has 1 aliphatic rings. The molecule has 0 spiro atoms. The highest BCUT2D eigenvalue weighted by Gasteiger charge is 2.34. The summed E-state index contributed by atoms with van der Waals surface area (Å²) in [5.74, 6) is 0. The summed E-state index contributed by atoms with van der Waals surface area (Å²) in [5, 5.41) is 8.90. The summed E-state index contributed by atoms with van der Waals surface area (Å²) in [7, 11) is -3.41. The van der Waals surface area contributed by atoms with Crippen LogP contribution >= 0.6 is 0 Å². The average Bonchev–Trinajstić information content (AvgIpc) is 2.33. The molecule has 4 nitrogen and oxygen atoms in total. The normalized spacial score (nSPS) is 16.8. The second-order valence-corrected chi connectivity index (χ2v) is 6.48. The first-order chi connectivity index (χ1) is 8.66. The molecule has 1 N–H and O–H groups in total. The zero-order chi connectivity index (χ0) is 13.0. The molecule has 0 radical (unpaired) electrons. The van der Waals surface area contributed by atoms with Gasteiger partial charge in [-0.2, -0.15) is 4.31 Å². The van der Waals surface area contributed by atoms with Crippen molar-refractivity contribution in [1.82, 2.24) is 4.31 Å². The summed E-state index contributed by atoms with van der Waals surface area (Å²) in [6.45, 7) is 0.423. The molecule has 1 aliphatic carbocycles. The van der Waals surface area contributed by atoms with Crippen molar-refractivity contribution in [3.63, 3.8) is 0 Å². The second kappa shape index (κ2) is 5.82. The zero-order valence-electron chi connectivity index (χ0n) is 10.3. The molecule has 0 amide bonds. The molecule has 2 rings (SSSR count). The monoisotopic (exact) mass is 269 g/mol. The maximum atomic E-state index is 12.5. The van der Waals surface area contributed by atoms with Crippen LogP contribution in [-0.2, 0) is 10.0 Å². The van der Waals surface area contributed by atoms with Crippen molar-refractivity contribution >= 4 is 10.0 Å². The lowest BCUT2D eigenvalue weighted by Crippen LogP contribution is -2.44. The molecule has 1 saturated carbocycles. The highest BCUT2D eigenvalue weighted by Crippen LogP contribution is 2.29. The van der Waals surface area contributed by atoms with Crippen LogP contribution in [0.25, 0.3) is 0 Å². The number of sulfonamides is 1. The van der Waals surface area contributed by atoms with Gasteiger partial charge in [-0.1, -0.05) is 24.6 Å². The molecule has 100 valence electrons. The Morgan fingerprint density at radius 1 is 1.22 bits per heavy atom. The van der Waals surface area contributed by atoms with Gasteiger partial charge in [0.25, 0.3) is 0 Å². The van der Waals surface area contributed by atoms with E-state index in [9.17, 15) is 8.42 Å². The van der Waals surface area contributed by atoms with Crippen molar-refractivity contribution in [3.05, 3.63) is 30.3 Å². The van der Waals surface area contributed by atoms with Gasteiger partial charge in [0.2, 0.25) is 10.0 Å². The molecule has 0 unspecified atom stereocenters. The van der Waals surface area contributed by atoms with Crippen molar-refractivity contribution in [1.29, 1.82) is 0 Å². The van der Waals surface area contributed by atoms with Gasteiger partial charge in [-0.25, -0.2) is 8.42 Å². The quantitative estimate of drug-likeness (QED) is 0.853. The summed E-state index contributed by atoms with van der Waals surface area (Å²) in [6.07, 6.45) is 3.43. The van der Waals surface area contributed by atoms with Gasteiger partial charge in [0.15, 0.2) is 0 Å². The minimum Gasteiger partial charge on any atom is -0.396 e. The van der Waals surface area contributed by atoms with Gasteiger partial charge in [-0.3, -0.25) is 0 Å². The van der Waals surface area contributed by atoms with Gasteiger partial charge in [0.05, 0.1) is 4.90 Å². The minimum absolute atomic E-state index is 0.0214. The summed E-state index contributed by atoms with van der Waals surface area (Å²) in [5.41, 5.74) is 0. The Morgan fingerprint density at radius 2 is 1.89 bits per heavy atom. The third-order valence-corrected chi connectivity index (χ3v) is 5.33. The smallest absolute Gasteiger partial charge is 0.243 e. The van der Waals surface area contributed by atoms with E-state index in [2.05, 4.69) is 0 Å². The fraction of sp³-hybridized carbons (Fsp3) is 0.538. The molecular formula is C13H19NO3S. The van der Waals surface area contributed by atoms with E-state index in [4.69, 9.17) is 5.11 Å². The molecule has 0 atom stereocenters. The molecular weight excluding hydrogens is 250 g/mol. The number of hydrogen-bond acceptors (Lipinski definition) is 3. The third kappa shape index (κ3) is 2.74.